The van der Waals surface area contributed by atoms with E-state index in [2.05, 4.69) is 27.2 Å². The summed E-state index contributed by atoms with van der Waals surface area (Å²) in [4.78, 5) is 14.5. The fraction of sp³-hybridized carbons (Fsp3) is 0.261. The number of aromatic nitrogens is 1. The van der Waals surface area contributed by atoms with Crippen LogP contribution in [0.15, 0.2) is 48.7 Å². The summed E-state index contributed by atoms with van der Waals surface area (Å²) >= 11 is 0. The number of aromatic amines is 1. The van der Waals surface area contributed by atoms with Gasteiger partial charge in [0.15, 0.2) is 0 Å². The highest BCUT2D eigenvalue weighted by atomic mass is 16.5. The Morgan fingerprint density at radius 3 is 3.07 bits per heavy atom. The van der Waals surface area contributed by atoms with Crippen molar-refractivity contribution in [1.82, 2.24) is 10.3 Å². The topological polar surface area (TPSA) is 74.3 Å². The molecule has 3 aromatic rings. The Morgan fingerprint density at radius 2 is 2.21 bits per heavy atom. The molecule has 5 heteroatoms. The maximum absolute atomic E-state index is 11.3. The first-order valence-corrected chi connectivity index (χ1v) is 9.55. The summed E-state index contributed by atoms with van der Waals surface area (Å²) < 4.78 is 4.64. The van der Waals surface area contributed by atoms with Crippen LogP contribution in [0.5, 0.6) is 5.75 Å². The lowest BCUT2D eigenvalue weighted by Crippen LogP contribution is -2.21. The molecule has 5 nitrogen and oxygen atoms in total. The molecule has 0 bridgehead atoms. The van der Waals surface area contributed by atoms with Crippen LogP contribution in [-0.4, -0.2) is 29.7 Å². The molecule has 1 atom stereocenters. The van der Waals surface area contributed by atoms with Crippen LogP contribution in [0.2, 0.25) is 0 Å². The number of methoxy groups -OCH3 is 1. The van der Waals surface area contributed by atoms with Gasteiger partial charge in [-0.05, 0) is 72.3 Å². The van der Waals surface area contributed by atoms with E-state index >= 15 is 0 Å². The number of rotatable bonds is 6. The summed E-state index contributed by atoms with van der Waals surface area (Å²) in [6, 6.07) is 12.1. The van der Waals surface area contributed by atoms with Crippen molar-refractivity contribution in [3.05, 3.63) is 70.9 Å². The number of benzene rings is 2. The first kappa shape index (κ1) is 18.3. The maximum Gasteiger partial charge on any atom is 0.330 e. The Labute approximate surface area is 164 Å². The van der Waals surface area contributed by atoms with Crippen LogP contribution in [0.4, 0.5) is 0 Å². The number of phenols is 1. The SMILES string of the molecule is COC(=O)/C=C/c1ccc2c(c1)CCC2NCCc1c[nH]c2ccc(O)cc12. The van der Waals surface area contributed by atoms with Gasteiger partial charge in [-0.3, -0.25) is 0 Å². The zero-order valence-electron chi connectivity index (χ0n) is 15.9. The average Bonchev–Trinajstić information content (AvgIpc) is 3.30. The summed E-state index contributed by atoms with van der Waals surface area (Å²) in [5, 5.41) is 14.5. The molecular weight excluding hydrogens is 352 g/mol. The van der Waals surface area contributed by atoms with Gasteiger partial charge >= 0.3 is 5.97 Å². The first-order valence-electron chi connectivity index (χ1n) is 9.55. The number of hydrogen-bond donors (Lipinski definition) is 3. The number of esters is 1. The predicted molar refractivity (Wildman–Crippen MR) is 110 cm³/mol. The van der Waals surface area contributed by atoms with Gasteiger partial charge in [-0.25, -0.2) is 4.79 Å². The Bertz CT molecular complexity index is 1040. The van der Waals surface area contributed by atoms with E-state index in [0.717, 1.165) is 42.3 Å². The summed E-state index contributed by atoms with van der Waals surface area (Å²) in [5.41, 5.74) is 5.95. The van der Waals surface area contributed by atoms with Crippen LogP contribution in [0.25, 0.3) is 17.0 Å². The van der Waals surface area contributed by atoms with Crippen molar-refractivity contribution in [1.29, 1.82) is 0 Å². The van der Waals surface area contributed by atoms with Gasteiger partial charge in [-0.1, -0.05) is 18.2 Å². The molecule has 1 unspecified atom stereocenters. The normalized spacial score (nSPS) is 16.0. The molecule has 4 rings (SSSR count). The number of H-pyrrole nitrogens is 1. The van der Waals surface area contributed by atoms with Crippen LogP contribution >= 0.6 is 0 Å². The summed E-state index contributed by atoms with van der Waals surface area (Å²) in [5.74, 6) is -0.0475. The van der Waals surface area contributed by atoms with Gasteiger partial charge in [0, 0.05) is 29.2 Å². The standard InChI is InChI=1S/C23H24N2O3/c1-28-23(27)9-3-15-2-6-19-16(12-15)4-7-21(19)24-11-10-17-14-25-22-8-5-18(26)13-20(17)22/h2-3,5-6,8-9,12-14,21,24-26H,4,7,10-11H2,1H3/b9-3+. The van der Waals surface area contributed by atoms with Crippen LogP contribution in [0, 0.1) is 0 Å². The third-order valence-electron chi connectivity index (χ3n) is 5.39. The van der Waals surface area contributed by atoms with Crippen LogP contribution in [0.1, 0.15) is 34.7 Å². The molecule has 144 valence electrons. The van der Waals surface area contributed by atoms with E-state index in [9.17, 15) is 9.90 Å². The van der Waals surface area contributed by atoms with E-state index in [1.165, 1.54) is 29.9 Å². The number of hydrogen-bond acceptors (Lipinski definition) is 4. The first-order chi connectivity index (χ1) is 13.6. The summed E-state index contributed by atoms with van der Waals surface area (Å²) in [7, 11) is 1.38. The Hall–Kier alpha value is -3.05. The van der Waals surface area contributed by atoms with Gasteiger partial charge in [0.25, 0.3) is 0 Å². The molecule has 1 aliphatic carbocycles. The lowest BCUT2D eigenvalue weighted by atomic mass is 10.0. The highest BCUT2D eigenvalue weighted by Crippen LogP contribution is 2.32. The minimum Gasteiger partial charge on any atom is -0.508 e. The van der Waals surface area contributed by atoms with Crippen molar-refractivity contribution in [2.24, 2.45) is 0 Å². The van der Waals surface area contributed by atoms with Gasteiger partial charge in [0.05, 0.1) is 7.11 Å². The lowest BCUT2D eigenvalue weighted by Gasteiger charge is -2.14. The predicted octanol–water partition coefficient (Wildman–Crippen LogP) is 3.88. The fourth-order valence-electron chi connectivity index (χ4n) is 3.94. The zero-order valence-corrected chi connectivity index (χ0v) is 15.9. The highest BCUT2D eigenvalue weighted by molar-refractivity contribution is 5.87. The number of ether oxygens (including phenoxy) is 1. The molecule has 1 aliphatic rings. The second-order valence-electron chi connectivity index (χ2n) is 7.15. The Balaban J connectivity index is 1.39. The largest absolute Gasteiger partial charge is 0.508 e. The monoisotopic (exact) mass is 376 g/mol. The van der Waals surface area contributed by atoms with Gasteiger partial charge in [-0.15, -0.1) is 0 Å². The molecule has 2 aromatic carbocycles. The number of aromatic hydroxyl groups is 1. The third kappa shape index (κ3) is 3.80. The van der Waals surface area contributed by atoms with Crippen molar-refractivity contribution in [3.8, 4) is 5.75 Å². The number of phenolic OH excluding ortho intramolecular Hbond substituents is 1. The molecule has 1 heterocycles. The highest BCUT2D eigenvalue weighted by Gasteiger charge is 2.21. The zero-order chi connectivity index (χ0) is 19.5. The molecule has 0 spiro atoms. The van der Waals surface area contributed by atoms with Crippen LogP contribution < -0.4 is 5.32 Å². The van der Waals surface area contributed by atoms with Crippen molar-refractivity contribution in [3.63, 3.8) is 0 Å². The molecule has 0 radical (unpaired) electrons. The van der Waals surface area contributed by atoms with E-state index in [4.69, 9.17) is 0 Å². The van der Waals surface area contributed by atoms with E-state index < -0.39 is 0 Å². The minimum absolute atomic E-state index is 0.295. The minimum atomic E-state index is -0.342. The molecule has 0 saturated heterocycles. The molecule has 0 fully saturated rings. The van der Waals surface area contributed by atoms with Crippen LogP contribution in [-0.2, 0) is 22.4 Å². The number of carbonyl (C=O) groups excluding carboxylic acids is 1. The number of nitrogens with one attached hydrogen (secondary N) is 2. The Kier molecular flexibility index (Phi) is 5.17. The lowest BCUT2D eigenvalue weighted by molar-refractivity contribution is -0.134. The van der Waals surface area contributed by atoms with E-state index in [-0.39, 0.29) is 5.97 Å². The molecule has 3 N–H and O–H groups in total. The van der Waals surface area contributed by atoms with E-state index in [0.29, 0.717) is 11.8 Å². The van der Waals surface area contributed by atoms with Gasteiger partial charge < -0.3 is 20.1 Å². The van der Waals surface area contributed by atoms with E-state index in [1.807, 2.05) is 24.4 Å². The number of aryl methyl sites for hydroxylation is 1. The summed E-state index contributed by atoms with van der Waals surface area (Å²) in [6.07, 6.45) is 8.27. The average molecular weight is 376 g/mol. The quantitative estimate of drug-likeness (QED) is 0.451. The summed E-state index contributed by atoms with van der Waals surface area (Å²) in [6.45, 7) is 0.872. The smallest absolute Gasteiger partial charge is 0.330 e. The van der Waals surface area contributed by atoms with E-state index in [1.54, 1.807) is 12.1 Å². The van der Waals surface area contributed by atoms with Gasteiger partial charge in [0.2, 0.25) is 0 Å². The third-order valence-corrected chi connectivity index (χ3v) is 5.39. The molecule has 28 heavy (non-hydrogen) atoms. The van der Waals surface area contributed by atoms with Crippen molar-refractivity contribution in [2.75, 3.05) is 13.7 Å². The van der Waals surface area contributed by atoms with Crippen molar-refractivity contribution < 1.29 is 14.6 Å². The van der Waals surface area contributed by atoms with Crippen LogP contribution in [0.3, 0.4) is 0 Å². The van der Waals surface area contributed by atoms with Gasteiger partial charge in [-0.2, -0.15) is 0 Å². The molecule has 0 aliphatic heterocycles. The fourth-order valence-corrected chi connectivity index (χ4v) is 3.94. The molecule has 0 amide bonds. The number of fused-ring (bicyclic) bond motifs is 2. The van der Waals surface area contributed by atoms with Crippen molar-refractivity contribution in [2.45, 2.75) is 25.3 Å². The molecular formula is C23H24N2O3. The Morgan fingerprint density at radius 1 is 1.32 bits per heavy atom. The molecule has 1 aromatic heterocycles. The second-order valence-corrected chi connectivity index (χ2v) is 7.15. The second kappa shape index (κ2) is 7.90. The molecule has 0 saturated carbocycles. The maximum atomic E-state index is 11.3. The number of carbonyl (C=O) groups is 1. The van der Waals surface area contributed by atoms with Crippen molar-refractivity contribution >= 4 is 22.9 Å². The van der Waals surface area contributed by atoms with Gasteiger partial charge in [0.1, 0.15) is 5.75 Å².